The van der Waals surface area contributed by atoms with E-state index in [2.05, 4.69) is 4.98 Å². The Morgan fingerprint density at radius 3 is 2.60 bits per heavy atom. The number of hydrogen-bond acceptors (Lipinski definition) is 2. The first-order valence-electron chi connectivity index (χ1n) is 5.66. The fraction of sp³-hybridized carbons (Fsp3) is 0.231. The third kappa shape index (κ3) is 2.56. The number of hydrogen-bond donors (Lipinski definition) is 1. The molecule has 20 heavy (non-hydrogen) atoms. The van der Waals surface area contributed by atoms with Gasteiger partial charge in [0.2, 0.25) is 0 Å². The molecule has 0 bridgehead atoms. The Kier molecular flexibility index (Phi) is 3.61. The van der Waals surface area contributed by atoms with Crippen molar-refractivity contribution in [3.63, 3.8) is 0 Å². The van der Waals surface area contributed by atoms with Crippen LogP contribution in [0.5, 0.6) is 0 Å². The molecule has 1 amide bonds. The van der Waals surface area contributed by atoms with E-state index in [4.69, 9.17) is 0 Å². The van der Waals surface area contributed by atoms with Gasteiger partial charge >= 0.3 is 18.3 Å². The molecule has 0 saturated heterocycles. The van der Waals surface area contributed by atoms with Crippen LogP contribution in [0.1, 0.15) is 5.69 Å². The van der Waals surface area contributed by atoms with E-state index < -0.39 is 18.3 Å². The van der Waals surface area contributed by atoms with E-state index in [1.165, 1.54) is 12.1 Å². The number of alkyl halides is 4. The van der Waals surface area contributed by atoms with Crippen LogP contribution in [-0.4, -0.2) is 23.2 Å². The van der Waals surface area contributed by atoms with E-state index in [0.29, 0.717) is 11.1 Å². The van der Waals surface area contributed by atoms with E-state index in [0.717, 1.165) is 0 Å². The Balaban J connectivity index is 2.40. The molecule has 106 valence electrons. The molecule has 0 unspecified atom stereocenters. The minimum Gasteiger partial charge on any atom is -0.319 e. The van der Waals surface area contributed by atoms with Gasteiger partial charge < -0.3 is 5.32 Å². The zero-order valence-electron chi connectivity index (χ0n) is 10.3. The maximum atomic E-state index is 12.9. The van der Waals surface area contributed by atoms with Gasteiger partial charge in [0.15, 0.2) is 0 Å². The Hall–Kier alpha value is -2.18. The molecule has 0 aliphatic rings. The van der Waals surface area contributed by atoms with Gasteiger partial charge in [0.25, 0.3) is 0 Å². The van der Waals surface area contributed by atoms with Crippen LogP contribution < -0.4 is 5.32 Å². The van der Waals surface area contributed by atoms with E-state index in [1.54, 1.807) is 30.4 Å². The van der Waals surface area contributed by atoms with E-state index in [-0.39, 0.29) is 11.2 Å². The quantitative estimate of drug-likeness (QED) is 0.879. The number of nitrogens with one attached hydrogen (secondary N) is 1. The van der Waals surface area contributed by atoms with Crippen molar-refractivity contribution >= 4 is 22.5 Å². The molecule has 1 aromatic heterocycles. The summed E-state index contributed by atoms with van der Waals surface area (Å²) in [6, 6.07) is 7.91. The van der Waals surface area contributed by atoms with Gasteiger partial charge in [-0.25, -0.2) is 8.78 Å². The lowest BCUT2D eigenvalue weighted by atomic mass is 10.1. The summed E-state index contributed by atoms with van der Waals surface area (Å²) in [4.78, 5) is 15.3. The second kappa shape index (κ2) is 5.07. The number of pyridine rings is 1. The normalized spacial score (nSPS) is 11.9. The first kappa shape index (κ1) is 14.2. The Morgan fingerprint density at radius 2 is 1.95 bits per heavy atom. The third-order valence-corrected chi connectivity index (χ3v) is 2.68. The topological polar surface area (TPSA) is 42.0 Å². The number of para-hydroxylation sites is 1. The maximum absolute atomic E-state index is 12.9. The average Bonchev–Trinajstić information content (AvgIpc) is 2.39. The Morgan fingerprint density at radius 1 is 1.25 bits per heavy atom. The molecule has 7 heteroatoms. The fourth-order valence-electron chi connectivity index (χ4n) is 1.65. The van der Waals surface area contributed by atoms with Gasteiger partial charge in [-0.1, -0.05) is 18.2 Å². The highest BCUT2D eigenvalue weighted by molar-refractivity contribution is 6.03. The van der Waals surface area contributed by atoms with E-state index >= 15 is 0 Å². The lowest BCUT2D eigenvalue weighted by molar-refractivity contribution is -0.163. The molecule has 0 aliphatic heterocycles. The van der Waals surface area contributed by atoms with Crippen molar-refractivity contribution in [3.8, 4) is 0 Å². The van der Waals surface area contributed by atoms with Gasteiger partial charge in [-0.15, -0.1) is 0 Å². The molecular formula is C13H10F4N2O. The highest BCUT2D eigenvalue weighted by atomic mass is 19.3. The number of benzene rings is 1. The SMILES string of the molecule is Cc1ccc2cccc(NC(=O)C(F)(F)C(F)F)c2n1. The third-order valence-electron chi connectivity index (χ3n) is 2.68. The van der Waals surface area contributed by atoms with Crippen LogP contribution in [0.4, 0.5) is 23.2 Å². The standard InChI is InChI=1S/C13H10F4N2O/c1-7-5-6-8-3-2-4-9(10(8)18-7)19-12(20)13(16,17)11(14)15/h2-6,11H,1H3,(H,19,20). The predicted molar refractivity (Wildman–Crippen MR) is 66.1 cm³/mol. The van der Waals surface area contributed by atoms with Gasteiger partial charge in [-0.3, -0.25) is 9.78 Å². The summed E-state index contributed by atoms with van der Waals surface area (Å²) in [5.41, 5.74) is 0.849. The molecule has 0 aliphatic carbocycles. The van der Waals surface area contributed by atoms with Crippen molar-refractivity contribution in [3.05, 3.63) is 36.0 Å². The summed E-state index contributed by atoms with van der Waals surface area (Å²) in [5.74, 6) is -6.80. The number of carbonyl (C=O) groups excluding carboxylic acids is 1. The minimum absolute atomic E-state index is 0.0310. The summed E-state index contributed by atoms with van der Waals surface area (Å²) in [5, 5.41) is 2.41. The molecule has 2 aromatic rings. The largest absolute Gasteiger partial charge is 0.383 e. The molecule has 1 N–H and O–H groups in total. The molecule has 3 nitrogen and oxygen atoms in total. The highest BCUT2D eigenvalue weighted by Gasteiger charge is 2.49. The van der Waals surface area contributed by atoms with Crippen molar-refractivity contribution in [1.29, 1.82) is 0 Å². The summed E-state index contributed by atoms with van der Waals surface area (Å²) in [6.07, 6.45) is -4.06. The molecule has 0 atom stereocenters. The van der Waals surface area contributed by atoms with Crippen LogP contribution in [-0.2, 0) is 4.79 Å². The summed E-state index contributed by atoms with van der Waals surface area (Å²) in [7, 11) is 0. The van der Waals surface area contributed by atoms with Crippen molar-refractivity contribution in [2.24, 2.45) is 0 Å². The molecule has 1 heterocycles. The molecule has 0 saturated carbocycles. The van der Waals surface area contributed by atoms with Crippen LogP contribution in [0, 0.1) is 6.92 Å². The van der Waals surface area contributed by atoms with Crippen LogP contribution in [0.15, 0.2) is 30.3 Å². The van der Waals surface area contributed by atoms with E-state index in [1.807, 2.05) is 0 Å². The fourth-order valence-corrected chi connectivity index (χ4v) is 1.65. The number of anilines is 1. The van der Waals surface area contributed by atoms with Crippen LogP contribution in [0.3, 0.4) is 0 Å². The number of rotatable bonds is 3. The van der Waals surface area contributed by atoms with Crippen molar-refractivity contribution in [1.82, 2.24) is 4.98 Å². The second-order valence-corrected chi connectivity index (χ2v) is 4.21. The number of nitrogens with zero attached hydrogens (tertiary/aromatic N) is 1. The molecule has 0 fully saturated rings. The number of amides is 1. The van der Waals surface area contributed by atoms with Crippen molar-refractivity contribution in [2.75, 3.05) is 5.32 Å². The number of aryl methyl sites for hydroxylation is 1. The van der Waals surface area contributed by atoms with Crippen molar-refractivity contribution in [2.45, 2.75) is 19.3 Å². The molecule has 0 radical (unpaired) electrons. The van der Waals surface area contributed by atoms with Gasteiger partial charge in [-0.2, -0.15) is 8.78 Å². The van der Waals surface area contributed by atoms with Crippen molar-refractivity contribution < 1.29 is 22.4 Å². The van der Waals surface area contributed by atoms with E-state index in [9.17, 15) is 22.4 Å². The summed E-state index contributed by atoms with van der Waals surface area (Å²) >= 11 is 0. The van der Waals surface area contributed by atoms with Gasteiger partial charge in [-0.05, 0) is 19.1 Å². The summed E-state index contributed by atoms with van der Waals surface area (Å²) < 4.78 is 50.1. The Bertz CT molecular complexity index is 658. The lowest BCUT2D eigenvalue weighted by Gasteiger charge is -2.15. The van der Waals surface area contributed by atoms with Crippen LogP contribution in [0.25, 0.3) is 10.9 Å². The zero-order valence-corrected chi connectivity index (χ0v) is 10.3. The number of fused-ring (bicyclic) bond motifs is 1. The first-order valence-corrected chi connectivity index (χ1v) is 5.66. The average molecular weight is 286 g/mol. The Labute approximate surface area is 111 Å². The van der Waals surface area contributed by atoms with Crippen LogP contribution in [0.2, 0.25) is 0 Å². The molecule has 2 rings (SSSR count). The highest BCUT2D eigenvalue weighted by Crippen LogP contribution is 2.27. The van der Waals surface area contributed by atoms with Gasteiger partial charge in [0, 0.05) is 11.1 Å². The molecule has 0 spiro atoms. The zero-order chi connectivity index (χ0) is 14.9. The summed E-state index contributed by atoms with van der Waals surface area (Å²) in [6.45, 7) is 1.69. The minimum atomic E-state index is -4.74. The lowest BCUT2D eigenvalue weighted by Crippen LogP contribution is -2.41. The monoisotopic (exact) mass is 286 g/mol. The first-order chi connectivity index (χ1) is 9.32. The van der Waals surface area contributed by atoms with Gasteiger partial charge in [0.1, 0.15) is 0 Å². The molecule has 1 aromatic carbocycles. The molecular weight excluding hydrogens is 276 g/mol. The number of aromatic nitrogens is 1. The smallest absolute Gasteiger partial charge is 0.319 e. The van der Waals surface area contributed by atoms with Gasteiger partial charge in [0.05, 0.1) is 11.2 Å². The maximum Gasteiger partial charge on any atom is 0.383 e. The van der Waals surface area contributed by atoms with Crippen LogP contribution >= 0.6 is 0 Å². The predicted octanol–water partition coefficient (Wildman–Crippen LogP) is 3.38. The number of halogens is 4. The second-order valence-electron chi connectivity index (χ2n) is 4.21. The number of carbonyl (C=O) groups is 1.